The molecule has 3 rings (SSSR count). The van der Waals surface area contributed by atoms with E-state index in [1.165, 1.54) is 0 Å². The largest absolute Gasteiger partial charge is 0.440 e. The second-order valence-corrected chi connectivity index (χ2v) is 8.62. The summed E-state index contributed by atoms with van der Waals surface area (Å²) in [6.07, 6.45) is -0.321. The average molecular weight is 445 g/mol. The van der Waals surface area contributed by atoms with Gasteiger partial charge in [0.25, 0.3) is 5.91 Å². The van der Waals surface area contributed by atoms with Crippen molar-refractivity contribution < 1.29 is 19.1 Å². The molecule has 28 heavy (non-hydrogen) atoms. The molecule has 1 heterocycles. The molecule has 146 valence electrons. The van der Waals surface area contributed by atoms with E-state index in [1.807, 2.05) is 20.8 Å². The van der Waals surface area contributed by atoms with Gasteiger partial charge in [0, 0.05) is 21.3 Å². The molecule has 2 amide bonds. The molecule has 1 atom stereocenters. The van der Waals surface area contributed by atoms with Crippen molar-refractivity contribution in [2.24, 2.45) is 0 Å². The number of carbonyl (C=O) groups excluding carboxylic acids is 3. The third kappa shape index (κ3) is 4.09. The first-order chi connectivity index (χ1) is 13.1. The molecule has 0 saturated carbocycles. The molecule has 1 aliphatic heterocycles. The van der Waals surface area contributed by atoms with Crippen LogP contribution >= 0.6 is 15.9 Å². The molecule has 0 aromatic heterocycles. The van der Waals surface area contributed by atoms with E-state index in [9.17, 15) is 14.4 Å². The lowest BCUT2D eigenvalue weighted by atomic mass is 9.90. The quantitative estimate of drug-likeness (QED) is 0.703. The molecule has 0 fully saturated rings. The lowest BCUT2D eigenvalue weighted by Crippen LogP contribution is -2.47. The highest BCUT2D eigenvalue weighted by molar-refractivity contribution is 9.10. The first-order valence-corrected chi connectivity index (χ1v) is 9.61. The molecule has 0 spiro atoms. The monoisotopic (exact) mass is 444 g/mol. The van der Waals surface area contributed by atoms with Crippen molar-refractivity contribution >= 4 is 39.4 Å². The van der Waals surface area contributed by atoms with Gasteiger partial charge in [-0.1, -0.05) is 34.1 Å². The molecule has 2 aromatic rings. The predicted molar refractivity (Wildman–Crippen MR) is 109 cm³/mol. The normalized spacial score (nSPS) is 18.2. The van der Waals surface area contributed by atoms with E-state index < -0.39 is 28.9 Å². The van der Waals surface area contributed by atoms with Crippen LogP contribution in [-0.4, -0.2) is 23.3 Å². The molecule has 2 N–H and O–H groups in total. The fourth-order valence-corrected chi connectivity index (χ4v) is 3.46. The van der Waals surface area contributed by atoms with Crippen LogP contribution in [0.4, 0.5) is 5.69 Å². The average Bonchev–Trinajstić information content (AvgIpc) is 2.85. The smallest absolute Gasteiger partial charge is 0.339 e. The Morgan fingerprint density at radius 3 is 2.46 bits per heavy atom. The number of hydrogen-bond acceptors (Lipinski definition) is 4. The van der Waals surface area contributed by atoms with Crippen molar-refractivity contribution in [3.8, 4) is 0 Å². The Hall–Kier alpha value is -2.67. The molecule has 0 saturated heterocycles. The molecule has 2 aromatic carbocycles. The number of anilines is 1. The van der Waals surface area contributed by atoms with E-state index in [0.29, 0.717) is 21.3 Å². The van der Waals surface area contributed by atoms with Crippen LogP contribution in [-0.2, 0) is 19.9 Å². The summed E-state index contributed by atoms with van der Waals surface area (Å²) < 4.78 is 6.44. The highest BCUT2D eigenvalue weighted by Crippen LogP contribution is 2.43. The Morgan fingerprint density at radius 2 is 1.82 bits per heavy atom. The number of benzene rings is 2. The zero-order valence-corrected chi connectivity index (χ0v) is 17.4. The van der Waals surface area contributed by atoms with Crippen LogP contribution in [0.25, 0.3) is 0 Å². The summed E-state index contributed by atoms with van der Waals surface area (Å²) in [5, 5.41) is 5.55. The highest BCUT2D eigenvalue weighted by Gasteiger charge is 2.52. The van der Waals surface area contributed by atoms with Crippen LogP contribution in [0.15, 0.2) is 53.0 Å². The Balaban J connectivity index is 2.03. The zero-order chi connectivity index (χ0) is 20.5. The Morgan fingerprint density at radius 1 is 1.14 bits per heavy atom. The van der Waals surface area contributed by atoms with Crippen LogP contribution in [0.2, 0.25) is 0 Å². The maximum Gasteiger partial charge on any atom is 0.339 e. The molecule has 0 aliphatic carbocycles. The van der Waals surface area contributed by atoms with Crippen LogP contribution in [0.3, 0.4) is 0 Å². The Labute approximate surface area is 171 Å². The number of ether oxygens (including phenoxy) is 1. The maximum atomic E-state index is 12.9. The van der Waals surface area contributed by atoms with Gasteiger partial charge in [0.2, 0.25) is 11.5 Å². The van der Waals surface area contributed by atoms with Gasteiger partial charge in [-0.2, -0.15) is 0 Å². The number of hydrogen-bond donors (Lipinski definition) is 2. The predicted octanol–water partition coefficient (Wildman–Crippen LogP) is 3.76. The van der Waals surface area contributed by atoms with Crippen molar-refractivity contribution in [2.75, 3.05) is 5.32 Å². The fraction of sp³-hybridized carbons (Fsp3) is 0.286. The van der Waals surface area contributed by atoms with Crippen LogP contribution in [0.1, 0.15) is 43.1 Å². The van der Waals surface area contributed by atoms with E-state index in [4.69, 9.17) is 4.74 Å². The lowest BCUT2D eigenvalue weighted by molar-refractivity contribution is -0.142. The van der Waals surface area contributed by atoms with Gasteiger partial charge >= 0.3 is 5.97 Å². The second-order valence-electron chi connectivity index (χ2n) is 7.70. The minimum atomic E-state index is -1.75. The minimum absolute atomic E-state index is 0.300. The van der Waals surface area contributed by atoms with Crippen molar-refractivity contribution in [3.63, 3.8) is 0 Å². The summed E-state index contributed by atoms with van der Waals surface area (Å²) in [4.78, 5) is 38.4. The molecule has 6 nitrogen and oxygen atoms in total. The molecular formula is C21H21BrN2O4. The summed E-state index contributed by atoms with van der Waals surface area (Å²) in [7, 11) is 0. The first kappa shape index (κ1) is 20.1. The molecular weight excluding hydrogens is 424 g/mol. The van der Waals surface area contributed by atoms with Gasteiger partial charge in [-0.05, 0) is 51.1 Å². The van der Waals surface area contributed by atoms with Gasteiger partial charge in [-0.3, -0.25) is 9.59 Å². The Kier molecular flexibility index (Phi) is 5.30. The highest BCUT2D eigenvalue weighted by atomic mass is 79.9. The van der Waals surface area contributed by atoms with Crippen LogP contribution < -0.4 is 10.6 Å². The molecule has 1 unspecified atom stereocenters. The number of carbonyl (C=O) groups is 3. The van der Waals surface area contributed by atoms with E-state index in [0.717, 1.165) is 0 Å². The van der Waals surface area contributed by atoms with Crippen molar-refractivity contribution in [2.45, 2.75) is 38.3 Å². The van der Waals surface area contributed by atoms with Gasteiger partial charge in [0.15, 0.2) is 0 Å². The van der Waals surface area contributed by atoms with Gasteiger partial charge in [-0.15, -0.1) is 0 Å². The van der Waals surface area contributed by atoms with Crippen molar-refractivity contribution in [1.29, 1.82) is 0 Å². The van der Waals surface area contributed by atoms with Gasteiger partial charge < -0.3 is 15.4 Å². The van der Waals surface area contributed by atoms with E-state index in [1.54, 1.807) is 48.5 Å². The summed E-state index contributed by atoms with van der Waals surface area (Å²) in [6.45, 7) is 5.52. The number of halogens is 1. The van der Waals surface area contributed by atoms with Gasteiger partial charge in [0.1, 0.15) is 0 Å². The van der Waals surface area contributed by atoms with Crippen LogP contribution in [0.5, 0.6) is 0 Å². The zero-order valence-electron chi connectivity index (χ0n) is 15.8. The van der Waals surface area contributed by atoms with Gasteiger partial charge in [0.05, 0.1) is 12.0 Å². The number of fused-ring (bicyclic) bond motifs is 1. The molecule has 0 radical (unpaired) electrons. The first-order valence-electron chi connectivity index (χ1n) is 8.82. The number of nitrogens with one attached hydrogen (secondary N) is 2. The molecule has 0 bridgehead atoms. The minimum Gasteiger partial charge on any atom is -0.440 e. The van der Waals surface area contributed by atoms with Crippen molar-refractivity contribution in [3.05, 3.63) is 64.1 Å². The van der Waals surface area contributed by atoms with Crippen LogP contribution in [0, 0.1) is 0 Å². The third-order valence-electron chi connectivity index (χ3n) is 4.23. The van der Waals surface area contributed by atoms with Crippen molar-refractivity contribution in [1.82, 2.24) is 5.32 Å². The topological polar surface area (TPSA) is 84.5 Å². The Bertz CT molecular complexity index is 937. The van der Waals surface area contributed by atoms with E-state index >= 15 is 0 Å². The molecule has 7 heteroatoms. The number of rotatable bonds is 4. The SMILES string of the molecule is CC(C)(C)NC(=O)CC1(OC(=O)c2ccccc2)C(=O)Nc2ccc(Br)cc21. The fourth-order valence-electron chi connectivity index (χ4n) is 3.10. The van der Waals surface area contributed by atoms with E-state index in [2.05, 4.69) is 26.6 Å². The summed E-state index contributed by atoms with van der Waals surface area (Å²) in [6, 6.07) is 13.5. The molecule has 1 aliphatic rings. The standard InChI is InChI=1S/C21H21BrN2O4/c1-20(2,3)24-17(25)12-21(28-18(26)13-7-5-4-6-8-13)15-11-14(22)9-10-16(15)23-19(21)27/h4-11H,12H2,1-3H3,(H,23,27)(H,24,25). The second kappa shape index (κ2) is 7.39. The summed E-state index contributed by atoms with van der Waals surface area (Å²) in [5.74, 6) is -1.61. The summed E-state index contributed by atoms with van der Waals surface area (Å²) >= 11 is 3.38. The maximum absolute atomic E-state index is 12.9. The number of amides is 2. The lowest BCUT2D eigenvalue weighted by Gasteiger charge is -2.29. The summed E-state index contributed by atoms with van der Waals surface area (Å²) in [5.41, 5.74) is -0.981. The number of esters is 1. The van der Waals surface area contributed by atoms with E-state index in [-0.39, 0.29) is 6.42 Å². The third-order valence-corrected chi connectivity index (χ3v) is 4.73. The van der Waals surface area contributed by atoms with Gasteiger partial charge in [-0.25, -0.2) is 4.79 Å².